The molecule has 2 aromatic rings. The summed E-state index contributed by atoms with van der Waals surface area (Å²) < 4.78 is 26.0. The number of carbonyl (C=O) groups excluding carboxylic acids is 1. The lowest BCUT2D eigenvalue weighted by atomic mass is 9.87. The first-order valence-corrected chi connectivity index (χ1v) is 10.8. The molecule has 0 aromatic heterocycles. The third-order valence-electron chi connectivity index (χ3n) is 4.75. The van der Waals surface area contributed by atoms with Crippen LogP contribution < -0.4 is 9.62 Å². The number of rotatable bonds is 3. The topological polar surface area (TPSA) is 66.5 Å². The maximum atomic E-state index is 12.6. The number of sulfonamides is 1. The van der Waals surface area contributed by atoms with E-state index in [0.29, 0.717) is 29.9 Å². The number of amides is 1. The molecule has 144 valence electrons. The van der Waals surface area contributed by atoms with Crippen LogP contribution in [0, 0.1) is 0 Å². The highest BCUT2D eigenvalue weighted by Gasteiger charge is 2.26. The predicted molar refractivity (Wildman–Crippen MR) is 110 cm³/mol. The van der Waals surface area contributed by atoms with Gasteiger partial charge in [-0.15, -0.1) is 0 Å². The predicted octanol–water partition coefficient (Wildman–Crippen LogP) is 4.17. The summed E-state index contributed by atoms with van der Waals surface area (Å²) in [5.41, 5.74) is 2.94. The fraction of sp³-hybridized carbons (Fsp3) is 0.381. The minimum Gasteiger partial charge on any atom is -0.322 e. The average molecular weight is 387 g/mol. The fourth-order valence-electron chi connectivity index (χ4n) is 3.14. The quantitative estimate of drug-likeness (QED) is 0.861. The molecule has 0 bridgehead atoms. The van der Waals surface area contributed by atoms with E-state index in [9.17, 15) is 13.2 Å². The average Bonchev–Trinajstić information content (AvgIpc) is 2.61. The standard InChI is InChI=1S/C21H26N2O3S/c1-21(2,3)17-9-11-18(12-10-17)22-20(24)16-7-6-8-19(15-16)23-13-4-5-14-27(23,25)26/h6-12,15H,4-5,13-14H2,1-3H3,(H,22,24). The second-order valence-corrected chi connectivity index (χ2v) is 9.94. The summed E-state index contributed by atoms with van der Waals surface area (Å²) in [6.45, 7) is 6.88. The number of carbonyl (C=O) groups is 1. The van der Waals surface area contributed by atoms with E-state index in [-0.39, 0.29) is 17.1 Å². The molecule has 5 nitrogen and oxygen atoms in total. The van der Waals surface area contributed by atoms with Gasteiger partial charge in [0.15, 0.2) is 0 Å². The van der Waals surface area contributed by atoms with Crippen molar-refractivity contribution in [3.05, 3.63) is 59.7 Å². The summed E-state index contributed by atoms with van der Waals surface area (Å²) in [5.74, 6) is -0.0985. The first kappa shape index (κ1) is 19.4. The number of nitrogens with zero attached hydrogens (tertiary/aromatic N) is 1. The lowest BCUT2D eigenvalue weighted by Gasteiger charge is -2.28. The highest BCUT2D eigenvalue weighted by molar-refractivity contribution is 7.92. The van der Waals surface area contributed by atoms with Gasteiger partial charge < -0.3 is 5.32 Å². The van der Waals surface area contributed by atoms with Gasteiger partial charge in [0.05, 0.1) is 11.4 Å². The van der Waals surface area contributed by atoms with Gasteiger partial charge in [0.1, 0.15) is 0 Å². The molecular weight excluding hydrogens is 360 g/mol. The fourth-order valence-corrected chi connectivity index (χ4v) is 4.77. The zero-order valence-corrected chi connectivity index (χ0v) is 16.8. The molecule has 3 rings (SSSR count). The molecule has 0 saturated carbocycles. The van der Waals surface area contributed by atoms with Gasteiger partial charge in [-0.1, -0.05) is 39.0 Å². The van der Waals surface area contributed by atoms with Gasteiger partial charge in [-0.25, -0.2) is 8.42 Å². The molecule has 1 N–H and O–H groups in total. The monoisotopic (exact) mass is 386 g/mol. The lowest BCUT2D eigenvalue weighted by molar-refractivity contribution is 0.102. The van der Waals surface area contributed by atoms with Crippen LogP contribution >= 0.6 is 0 Å². The van der Waals surface area contributed by atoms with Gasteiger partial charge in [-0.05, 0) is 54.2 Å². The van der Waals surface area contributed by atoms with Crippen LogP contribution in [0.1, 0.15) is 49.5 Å². The van der Waals surface area contributed by atoms with Gasteiger partial charge in [-0.3, -0.25) is 9.10 Å². The van der Waals surface area contributed by atoms with Crippen molar-refractivity contribution in [2.45, 2.75) is 39.0 Å². The molecule has 1 aliphatic rings. The molecule has 1 amide bonds. The van der Waals surface area contributed by atoms with Crippen LogP contribution in [0.3, 0.4) is 0 Å². The van der Waals surface area contributed by atoms with Gasteiger partial charge in [0.25, 0.3) is 5.91 Å². The molecule has 0 radical (unpaired) electrons. The Hall–Kier alpha value is -2.34. The van der Waals surface area contributed by atoms with Crippen LogP contribution in [0.15, 0.2) is 48.5 Å². The van der Waals surface area contributed by atoms with Gasteiger partial charge >= 0.3 is 0 Å². The summed E-state index contributed by atoms with van der Waals surface area (Å²) in [5, 5.41) is 2.88. The van der Waals surface area contributed by atoms with Crippen molar-refractivity contribution in [2.75, 3.05) is 21.9 Å². The Labute approximate surface area is 161 Å². The number of anilines is 2. The minimum atomic E-state index is -3.30. The SMILES string of the molecule is CC(C)(C)c1ccc(NC(=O)c2cccc(N3CCCCS3(=O)=O)c2)cc1. The maximum absolute atomic E-state index is 12.6. The highest BCUT2D eigenvalue weighted by Crippen LogP contribution is 2.26. The summed E-state index contributed by atoms with van der Waals surface area (Å²) in [7, 11) is -3.30. The molecule has 0 atom stereocenters. The van der Waals surface area contributed by atoms with Gasteiger partial charge in [0, 0.05) is 17.8 Å². The maximum Gasteiger partial charge on any atom is 0.255 e. The number of benzene rings is 2. The van der Waals surface area contributed by atoms with Crippen LogP contribution in [0.4, 0.5) is 11.4 Å². The molecule has 1 saturated heterocycles. The van der Waals surface area contributed by atoms with E-state index in [4.69, 9.17) is 0 Å². The van der Waals surface area contributed by atoms with Crippen LogP contribution in [0.5, 0.6) is 0 Å². The number of nitrogens with one attached hydrogen (secondary N) is 1. The van der Waals surface area contributed by atoms with Crippen molar-refractivity contribution in [1.82, 2.24) is 0 Å². The van der Waals surface area contributed by atoms with E-state index >= 15 is 0 Å². The molecule has 2 aromatic carbocycles. The van der Waals surface area contributed by atoms with Gasteiger partial charge in [0.2, 0.25) is 10.0 Å². The largest absolute Gasteiger partial charge is 0.322 e. The van der Waals surface area contributed by atoms with E-state index in [1.165, 1.54) is 9.87 Å². The van der Waals surface area contributed by atoms with Crippen LogP contribution in [0.25, 0.3) is 0 Å². The minimum absolute atomic E-state index is 0.0524. The molecule has 1 aliphatic heterocycles. The Morgan fingerprint density at radius 2 is 1.74 bits per heavy atom. The summed E-state index contributed by atoms with van der Waals surface area (Å²) in [6.07, 6.45) is 1.51. The van der Waals surface area contributed by atoms with E-state index in [0.717, 1.165) is 6.42 Å². The van der Waals surface area contributed by atoms with Crippen LogP contribution in [-0.4, -0.2) is 26.6 Å². The molecule has 0 unspecified atom stereocenters. The van der Waals surface area contributed by atoms with Gasteiger partial charge in [-0.2, -0.15) is 0 Å². The van der Waals surface area contributed by atoms with Crippen molar-refractivity contribution in [3.63, 3.8) is 0 Å². The lowest BCUT2D eigenvalue weighted by Crippen LogP contribution is -2.37. The molecule has 0 aliphatic carbocycles. The Morgan fingerprint density at radius 3 is 2.37 bits per heavy atom. The van der Waals surface area contributed by atoms with E-state index < -0.39 is 10.0 Å². The summed E-state index contributed by atoms with van der Waals surface area (Å²) in [6, 6.07) is 14.6. The van der Waals surface area contributed by atoms with Crippen LogP contribution in [0.2, 0.25) is 0 Å². The Kier molecular flexibility index (Phi) is 5.29. The molecule has 6 heteroatoms. The molecule has 1 fully saturated rings. The smallest absolute Gasteiger partial charge is 0.255 e. The highest BCUT2D eigenvalue weighted by atomic mass is 32.2. The third kappa shape index (κ3) is 4.50. The zero-order valence-electron chi connectivity index (χ0n) is 16.0. The van der Waals surface area contributed by atoms with E-state index in [1.54, 1.807) is 24.3 Å². The third-order valence-corrected chi connectivity index (χ3v) is 6.62. The Balaban J connectivity index is 1.78. The second-order valence-electron chi connectivity index (χ2n) is 7.93. The molecule has 0 spiro atoms. The normalized spacial score (nSPS) is 16.8. The van der Waals surface area contributed by atoms with E-state index in [2.05, 4.69) is 26.1 Å². The van der Waals surface area contributed by atoms with Crippen molar-refractivity contribution in [2.24, 2.45) is 0 Å². The zero-order chi connectivity index (χ0) is 19.7. The number of hydrogen-bond acceptors (Lipinski definition) is 3. The van der Waals surface area contributed by atoms with Crippen LogP contribution in [-0.2, 0) is 15.4 Å². The summed E-state index contributed by atoms with van der Waals surface area (Å²) >= 11 is 0. The van der Waals surface area contributed by atoms with Crippen molar-refractivity contribution >= 4 is 27.3 Å². The molecule has 1 heterocycles. The van der Waals surface area contributed by atoms with E-state index in [1.807, 2.05) is 24.3 Å². The molecule has 27 heavy (non-hydrogen) atoms. The Bertz CT molecular complexity index is 929. The first-order valence-electron chi connectivity index (χ1n) is 9.19. The first-order chi connectivity index (χ1) is 12.7. The van der Waals surface area contributed by atoms with Crippen molar-refractivity contribution < 1.29 is 13.2 Å². The Morgan fingerprint density at radius 1 is 1.04 bits per heavy atom. The molecular formula is C21H26N2O3S. The van der Waals surface area contributed by atoms with Crippen molar-refractivity contribution in [3.8, 4) is 0 Å². The number of hydrogen-bond donors (Lipinski definition) is 1. The van der Waals surface area contributed by atoms with Crippen molar-refractivity contribution in [1.29, 1.82) is 0 Å². The second kappa shape index (κ2) is 7.35. The summed E-state index contributed by atoms with van der Waals surface area (Å²) in [4.78, 5) is 12.6.